The largest absolute Gasteiger partial charge is 0.497 e. The highest BCUT2D eigenvalue weighted by atomic mass is 32.2. The molecule has 0 aromatic heterocycles. The molecule has 1 aliphatic rings. The van der Waals surface area contributed by atoms with E-state index < -0.39 is 10.0 Å². The molecule has 1 saturated heterocycles. The molecule has 0 spiro atoms. The molecule has 0 bridgehead atoms. The molecule has 0 radical (unpaired) electrons. The standard InChI is InChI=1S/C22H22N2O4S/c1-28-20-8-10-21(11-9-20)29(26,27)24-14-12-23(13-15-24)22(25)19-7-6-17-4-2-3-5-18(17)16-19/h2-11,16H,12-15H2,1H3. The van der Waals surface area contributed by atoms with E-state index in [2.05, 4.69) is 0 Å². The second kappa shape index (κ2) is 7.85. The van der Waals surface area contributed by atoms with Gasteiger partial charge in [0.25, 0.3) is 5.91 Å². The fourth-order valence-electron chi connectivity index (χ4n) is 3.53. The molecule has 3 aromatic carbocycles. The normalized spacial score (nSPS) is 15.4. The van der Waals surface area contributed by atoms with Crippen molar-refractivity contribution >= 4 is 26.7 Å². The van der Waals surface area contributed by atoms with Crippen LogP contribution in [0.3, 0.4) is 0 Å². The lowest BCUT2D eigenvalue weighted by atomic mass is 10.1. The number of hydrogen-bond acceptors (Lipinski definition) is 4. The Morgan fingerprint density at radius 1 is 0.862 bits per heavy atom. The summed E-state index contributed by atoms with van der Waals surface area (Å²) in [6.45, 7) is 1.27. The summed E-state index contributed by atoms with van der Waals surface area (Å²) in [5, 5.41) is 2.10. The van der Waals surface area contributed by atoms with Gasteiger partial charge in [-0.05, 0) is 47.2 Å². The lowest BCUT2D eigenvalue weighted by molar-refractivity contribution is 0.0698. The van der Waals surface area contributed by atoms with Crippen molar-refractivity contribution in [3.8, 4) is 5.75 Å². The molecule has 1 amide bonds. The second-order valence-corrected chi connectivity index (χ2v) is 8.87. The highest BCUT2D eigenvalue weighted by Gasteiger charge is 2.30. The lowest BCUT2D eigenvalue weighted by Gasteiger charge is -2.34. The number of methoxy groups -OCH3 is 1. The number of carbonyl (C=O) groups excluding carboxylic acids is 1. The van der Waals surface area contributed by atoms with Crippen molar-refractivity contribution in [3.05, 3.63) is 72.3 Å². The van der Waals surface area contributed by atoms with Crippen molar-refractivity contribution < 1.29 is 17.9 Å². The Morgan fingerprint density at radius 3 is 2.17 bits per heavy atom. The van der Waals surface area contributed by atoms with Gasteiger partial charge in [-0.1, -0.05) is 30.3 Å². The molecule has 150 valence electrons. The van der Waals surface area contributed by atoms with Crippen LogP contribution < -0.4 is 4.74 Å². The summed E-state index contributed by atoms with van der Waals surface area (Å²) in [5.41, 5.74) is 0.621. The van der Waals surface area contributed by atoms with Crippen LogP contribution in [0.4, 0.5) is 0 Å². The first-order valence-corrected chi connectivity index (χ1v) is 10.9. The Kier molecular flexibility index (Phi) is 5.25. The highest BCUT2D eigenvalue weighted by molar-refractivity contribution is 7.89. The van der Waals surface area contributed by atoms with E-state index in [4.69, 9.17) is 4.74 Å². The van der Waals surface area contributed by atoms with Gasteiger partial charge < -0.3 is 9.64 Å². The number of hydrogen-bond donors (Lipinski definition) is 0. The van der Waals surface area contributed by atoms with Crippen LogP contribution in [0, 0.1) is 0 Å². The van der Waals surface area contributed by atoms with Gasteiger partial charge in [0.05, 0.1) is 12.0 Å². The van der Waals surface area contributed by atoms with Gasteiger partial charge in [0.15, 0.2) is 0 Å². The van der Waals surface area contributed by atoms with Crippen molar-refractivity contribution in [1.82, 2.24) is 9.21 Å². The van der Waals surface area contributed by atoms with E-state index in [1.807, 2.05) is 42.5 Å². The van der Waals surface area contributed by atoms with Gasteiger partial charge in [0.1, 0.15) is 5.75 Å². The number of rotatable bonds is 4. The van der Waals surface area contributed by atoms with E-state index in [0.717, 1.165) is 10.8 Å². The topological polar surface area (TPSA) is 66.9 Å². The van der Waals surface area contributed by atoms with Gasteiger partial charge in [-0.25, -0.2) is 8.42 Å². The Balaban J connectivity index is 1.45. The number of amides is 1. The van der Waals surface area contributed by atoms with Gasteiger partial charge in [0, 0.05) is 31.7 Å². The van der Waals surface area contributed by atoms with Gasteiger partial charge in [-0.15, -0.1) is 0 Å². The molecule has 1 aliphatic heterocycles. The summed E-state index contributed by atoms with van der Waals surface area (Å²) in [6.07, 6.45) is 0. The third-order valence-corrected chi connectivity index (χ3v) is 7.13. The van der Waals surface area contributed by atoms with Crippen LogP contribution in [0.5, 0.6) is 5.75 Å². The maximum atomic E-state index is 12.9. The molecule has 6 nitrogen and oxygen atoms in total. The monoisotopic (exact) mass is 410 g/mol. The van der Waals surface area contributed by atoms with Crippen LogP contribution in [-0.4, -0.2) is 56.8 Å². The summed E-state index contributed by atoms with van der Waals surface area (Å²) in [7, 11) is -2.05. The third-order valence-electron chi connectivity index (χ3n) is 5.22. The summed E-state index contributed by atoms with van der Waals surface area (Å²) in [5.74, 6) is 0.534. The first-order chi connectivity index (χ1) is 14.0. The van der Waals surface area contributed by atoms with Crippen molar-refractivity contribution in [2.45, 2.75) is 4.90 Å². The minimum absolute atomic E-state index is 0.0720. The van der Waals surface area contributed by atoms with Gasteiger partial charge >= 0.3 is 0 Å². The average molecular weight is 410 g/mol. The maximum Gasteiger partial charge on any atom is 0.253 e. The van der Waals surface area contributed by atoms with Gasteiger partial charge in [-0.3, -0.25) is 4.79 Å². The fourth-order valence-corrected chi connectivity index (χ4v) is 4.96. The van der Waals surface area contributed by atoms with Gasteiger partial charge in [-0.2, -0.15) is 4.31 Å². The second-order valence-electron chi connectivity index (χ2n) is 6.93. The predicted molar refractivity (Wildman–Crippen MR) is 112 cm³/mol. The zero-order chi connectivity index (χ0) is 20.4. The summed E-state index contributed by atoms with van der Waals surface area (Å²) in [4.78, 5) is 14.8. The Morgan fingerprint density at radius 2 is 1.52 bits per heavy atom. The van der Waals surface area contributed by atoms with Crippen LogP contribution >= 0.6 is 0 Å². The smallest absolute Gasteiger partial charge is 0.253 e. The predicted octanol–water partition coefficient (Wildman–Crippen LogP) is 3.00. The molecule has 29 heavy (non-hydrogen) atoms. The van der Waals surface area contributed by atoms with Crippen LogP contribution in [0.2, 0.25) is 0 Å². The molecule has 0 aliphatic carbocycles. The molecule has 3 aromatic rings. The van der Waals surface area contributed by atoms with E-state index >= 15 is 0 Å². The van der Waals surface area contributed by atoms with Crippen molar-refractivity contribution in [1.29, 1.82) is 0 Å². The number of fused-ring (bicyclic) bond motifs is 1. The number of piperazine rings is 1. The molecule has 0 N–H and O–H groups in total. The van der Waals surface area contributed by atoms with Crippen LogP contribution in [0.25, 0.3) is 10.8 Å². The molecule has 7 heteroatoms. The molecule has 0 saturated carbocycles. The maximum absolute atomic E-state index is 12.9. The van der Waals surface area contributed by atoms with Crippen LogP contribution in [0.1, 0.15) is 10.4 Å². The Bertz CT molecular complexity index is 1130. The number of carbonyl (C=O) groups is 1. The molecule has 0 unspecified atom stereocenters. The minimum Gasteiger partial charge on any atom is -0.497 e. The fraction of sp³-hybridized carbons (Fsp3) is 0.227. The van der Waals surface area contributed by atoms with Crippen molar-refractivity contribution in [2.24, 2.45) is 0 Å². The zero-order valence-corrected chi connectivity index (χ0v) is 16.9. The third kappa shape index (κ3) is 3.83. The Labute approximate surface area is 170 Å². The lowest BCUT2D eigenvalue weighted by Crippen LogP contribution is -2.50. The highest BCUT2D eigenvalue weighted by Crippen LogP contribution is 2.22. The van der Waals surface area contributed by atoms with Crippen LogP contribution in [0.15, 0.2) is 71.6 Å². The minimum atomic E-state index is -3.59. The average Bonchev–Trinajstić information content (AvgIpc) is 2.78. The van der Waals surface area contributed by atoms with E-state index in [1.165, 1.54) is 11.4 Å². The number of nitrogens with zero attached hydrogens (tertiary/aromatic N) is 2. The summed E-state index contributed by atoms with van der Waals surface area (Å²) >= 11 is 0. The first kappa shape index (κ1) is 19.4. The Hall–Kier alpha value is -2.90. The molecule has 4 rings (SSSR count). The number of sulfonamides is 1. The van der Waals surface area contributed by atoms with E-state index in [-0.39, 0.29) is 23.9 Å². The number of ether oxygens (including phenoxy) is 1. The SMILES string of the molecule is COc1ccc(S(=O)(=O)N2CCN(C(=O)c3ccc4ccccc4c3)CC2)cc1. The molecular weight excluding hydrogens is 388 g/mol. The van der Waals surface area contributed by atoms with Crippen molar-refractivity contribution in [2.75, 3.05) is 33.3 Å². The first-order valence-electron chi connectivity index (χ1n) is 9.41. The zero-order valence-electron chi connectivity index (χ0n) is 16.1. The van der Waals surface area contributed by atoms with E-state index in [0.29, 0.717) is 24.4 Å². The van der Waals surface area contributed by atoms with Crippen molar-refractivity contribution in [3.63, 3.8) is 0 Å². The quantitative estimate of drug-likeness (QED) is 0.663. The van der Waals surface area contributed by atoms with E-state index in [9.17, 15) is 13.2 Å². The van der Waals surface area contributed by atoms with Gasteiger partial charge in [0.2, 0.25) is 10.0 Å². The number of benzene rings is 3. The summed E-state index contributed by atoms with van der Waals surface area (Å²) < 4.78 is 32.2. The molecule has 1 fully saturated rings. The van der Waals surface area contributed by atoms with E-state index in [1.54, 1.807) is 29.2 Å². The molecular formula is C22H22N2O4S. The summed E-state index contributed by atoms with van der Waals surface area (Å²) in [6, 6.07) is 19.9. The van der Waals surface area contributed by atoms with Crippen LogP contribution in [-0.2, 0) is 10.0 Å². The molecule has 0 atom stereocenters. The molecule has 1 heterocycles.